The number of thiophene rings is 1. The molecule has 0 radical (unpaired) electrons. The van der Waals surface area contributed by atoms with Crippen molar-refractivity contribution in [1.82, 2.24) is 20.5 Å². The van der Waals surface area contributed by atoms with Crippen molar-refractivity contribution in [3.8, 4) is 11.1 Å². The molecular weight excluding hydrogens is 324 g/mol. The molecule has 1 amide bonds. The predicted molar refractivity (Wildman–Crippen MR) is 92.7 cm³/mol. The smallest absolute Gasteiger partial charge is 0.261 e. The lowest BCUT2D eigenvalue weighted by Gasteiger charge is -2.09. The number of aromatic nitrogens is 3. The molecule has 0 aliphatic heterocycles. The number of rotatable bonds is 5. The first-order valence-electron chi connectivity index (χ1n) is 7.59. The van der Waals surface area contributed by atoms with Crippen LogP contribution in [0.4, 0.5) is 0 Å². The van der Waals surface area contributed by atoms with Gasteiger partial charge in [0.15, 0.2) is 5.82 Å². The fourth-order valence-corrected chi connectivity index (χ4v) is 3.06. The van der Waals surface area contributed by atoms with Crippen LogP contribution in [0.5, 0.6) is 0 Å². The Labute approximate surface area is 143 Å². The monoisotopic (exact) mass is 342 g/mol. The van der Waals surface area contributed by atoms with Gasteiger partial charge < -0.3 is 10.4 Å². The maximum atomic E-state index is 12.4. The summed E-state index contributed by atoms with van der Waals surface area (Å²) in [5.41, 5.74) is 2.10. The molecule has 0 saturated heterocycles. The Morgan fingerprint density at radius 3 is 2.67 bits per heavy atom. The van der Waals surface area contributed by atoms with Crippen LogP contribution in [0.15, 0.2) is 41.8 Å². The number of aliphatic hydroxyl groups is 1. The number of aliphatic hydroxyl groups excluding tert-OH is 1. The van der Waals surface area contributed by atoms with Crippen LogP contribution in [0.25, 0.3) is 11.1 Å². The Hall–Kier alpha value is -2.51. The summed E-state index contributed by atoms with van der Waals surface area (Å²) in [4.78, 5) is 17.2. The molecule has 0 fully saturated rings. The highest BCUT2D eigenvalue weighted by molar-refractivity contribution is 7.12. The molecule has 1 aromatic carbocycles. The maximum Gasteiger partial charge on any atom is 0.261 e. The highest BCUT2D eigenvalue weighted by Gasteiger charge is 2.18. The fourth-order valence-electron chi connectivity index (χ4n) is 2.24. The number of nitrogens with one attached hydrogen (secondary N) is 2. The third kappa shape index (κ3) is 3.52. The van der Waals surface area contributed by atoms with Crippen molar-refractivity contribution in [2.75, 3.05) is 0 Å². The van der Waals surface area contributed by atoms with Crippen LogP contribution >= 0.6 is 11.3 Å². The van der Waals surface area contributed by atoms with Crippen molar-refractivity contribution in [1.29, 1.82) is 0 Å². The standard InChI is InChI=1S/C17H18N4O2S/c1-10(15-19-16(11(2)22)21-20-15)18-17(23)14-8-13(9-24-14)12-6-4-3-5-7-12/h3-11,22H,1-2H3,(H,18,23)(H,19,20,21). The lowest BCUT2D eigenvalue weighted by Crippen LogP contribution is -2.26. The van der Waals surface area contributed by atoms with Gasteiger partial charge in [0.05, 0.1) is 10.9 Å². The van der Waals surface area contributed by atoms with Crippen LogP contribution in [-0.4, -0.2) is 26.2 Å². The second-order valence-electron chi connectivity index (χ2n) is 5.52. The van der Waals surface area contributed by atoms with E-state index in [0.29, 0.717) is 16.5 Å². The van der Waals surface area contributed by atoms with Gasteiger partial charge in [0.1, 0.15) is 11.9 Å². The number of hydrogen-bond donors (Lipinski definition) is 3. The first-order valence-corrected chi connectivity index (χ1v) is 8.47. The Bertz CT molecular complexity index is 826. The van der Waals surface area contributed by atoms with E-state index >= 15 is 0 Å². The van der Waals surface area contributed by atoms with Gasteiger partial charge in [-0.1, -0.05) is 30.3 Å². The zero-order valence-electron chi connectivity index (χ0n) is 13.4. The van der Waals surface area contributed by atoms with Crippen LogP contribution in [-0.2, 0) is 0 Å². The average molecular weight is 342 g/mol. The molecule has 2 heterocycles. The molecule has 124 valence electrons. The minimum Gasteiger partial charge on any atom is -0.385 e. The van der Waals surface area contributed by atoms with Gasteiger partial charge in [-0.05, 0) is 36.4 Å². The fraction of sp³-hybridized carbons (Fsp3) is 0.235. The Balaban J connectivity index is 1.69. The summed E-state index contributed by atoms with van der Waals surface area (Å²) < 4.78 is 0. The number of hydrogen-bond acceptors (Lipinski definition) is 5. The normalized spacial score (nSPS) is 13.5. The highest BCUT2D eigenvalue weighted by atomic mass is 32.1. The first kappa shape index (κ1) is 16.4. The van der Waals surface area contributed by atoms with Gasteiger partial charge in [0.25, 0.3) is 5.91 Å². The molecule has 0 spiro atoms. The van der Waals surface area contributed by atoms with Gasteiger partial charge in [-0.25, -0.2) is 4.98 Å². The molecule has 2 unspecified atom stereocenters. The third-order valence-corrected chi connectivity index (χ3v) is 4.51. The lowest BCUT2D eigenvalue weighted by atomic mass is 10.1. The summed E-state index contributed by atoms with van der Waals surface area (Å²) >= 11 is 1.40. The second-order valence-corrected chi connectivity index (χ2v) is 6.43. The minimum absolute atomic E-state index is 0.162. The Morgan fingerprint density at radius 1 is 1.25 bits per heavy atom. The highest BCUT2D eigenvalue weighted by Crippen LogP contribution is 2.25. The average Bonchev–Trinajstić information content (AvgIpc) is 3.25. The van der Waals surface area contributed by atoms with Crippen LogP contribution in [0, 0.1) is 0 Å². The van der Waals surface area contributed by atoms with Gasteiger partial charge in [-0.15, -0.1) is 11.3 Å². The van der Waals surface area contributed by atoms with Gasteiger partial charge >= 0.3 is 0 Å². The van der Waals surface area contributed by atoms with E-state index in [1.165, 1.54) is 11.3 Å². The number of H-pyrrole nitrogens is 1. The summed E-state index contributed by atoms with van der Waals surface area (Å²) in [5, 5.41) is 21.0. The molecular formula is C17H18N4O2S. The van der Waals surface area contributed by atoms with E-state index < -0.39 is 6.10 Å². The molecule has 2 atom stereocenters. The molecule has 0 aliphatic carbocycles. The summed E-state index contributed by atoms with van der Waals surface area (Å²) in [6, 6.07) is 11.5. The van der Waals surface area contributed by atoms with Crippen molar-refractivity contribution in [2.24, 2.45) is 0 Å². The molecule has 24 heavy (non-hydrogen) atoms. The van der Waals surface area contributed by atoms with Crippen molar-refractivity contribution in [3.63, 3.8) is 0 Å². The molecule has 3 N–H and O–H groups in total. The van der Waals surface area contributed by atoms with Gasteiger partial charge in [-0.3, -0.25) is 9.89 Å². The maximum absolute atomic E-state index is 12.4. The number of amides is 1. The quantitative estimate of drug-likeness (QED) is 0.664. The van der Waals surface area contributed by atoms with E-state index in [0.717, 1.165) is 11.1 Å². The molecule has 2 aromatic heterocycles. The topological polar surface area (TPSA) is 90.9 Å². The SMILES string of the molecule is CC(O)c1n[nH]c(C(C)NC(=O)c2cc(-c3ccccc3)cs2)n1. The predicted octanol–water partition coefficient (Wildman–Crippen LogP) is 3.08. The largest absolute Gasteiger partial charge is 0.385 e. The van der Waals surface area contributed by atoms with Crippen LogP contribution in [0.2, 0.25) is 0 Å². The van der Waals surface area contributed by atoms with Crippen LogP contribution in [0.1, 0.15) is 47.3 Å². The van der Waals surface area contributed by atoms with E-state index in [4.69, 9.17) is 0 Å². The van der Waals surface area contributed by atoms with Crippen LogP contribution in [0.3, 0.4) is 0 Å². The summed E-state index contributed by atoms with van der Waals surface area (Å²) in [5.74, 6) is 0.664. The lowest BCUT2D eigenvalue weighted by molar-refractivity contribution is 0.0942. The van der Waals surface area contributed by atoms with E-state index in [-0.39, 0.29) is 11.9 Å². The van der Waals surface area contributed by atoms with Gasteiger partial charge in [0, 0.05) is 0 Å². The number of aromatic amines is 1. The minimum atomic E-state index is -0.747. The molecule has 0 bridgehead atoms. The van der Waals surface area contributed by atoms with Gasteiger partial charge in [-0.2, -0.15) is 5.10 Å². The van der Waals surface area contributed by atoms with Crippen LogP contribution < -0.4 is 5.32 Å². The van der Waals surface area contributed by atoms with E-state index in [9.17, 15) is 9.90 Å². The number of carbonyl (C=O) groups excluding carboxylic acids is 1. The second kappa shape index (κ2) is 6.94. The molecule has 3 rings (SSSR count). The molecule has 7 heteroatoms. The molecule has 0 saturated carbocycles. The number of nitrogens with zero attached hydrogens (tertiary/aromatic N) is 2. The zero-order chi connectivity index (χ0) is 17.1. The van der Waals surface area contributed by atoms with Gasteiger partial charge in [0.2, 0.25) is 0 Å². The van der Waals surface area contributed by atoms with E-state index in [2.05, 4.69) is 20.5 Å². The van der Waals surface area contributed by atoms with Crippen molar-refractivity contribution >= 4 is 17.2 Å². The van der Waals surface area contributed by atoms with Crippen molar-refractivity contribution < 1.29 is 9.90 Å². The molecule has 6 nitrogen and oxygen atoms in total. The Morgan fingerprint density at radius 2 is 2.00 bits per heavy atom. The summed E-state index contributed by atoms with van der Waals surface area (Å²) in [6.45, 7) is 3.41. The molecule has 3 aromatic rings. The number of benzene rings is 1. The molecule has 0 aliphatic rings. The van der Waals surface area contributed by atoms with E-state index in [1.807, 2.05) is 48.7 Å². The summed E-state index contributed by atoms with van der Waals surface area (Å²) in [6.07, 6.45) is -0.747. The Kier molecular flexibility index (Phi) is 4.73. The first-order chi connectivity index (χ1) is 11.5. The number of carbonyl (C=O) groups is 1. The summed E-state index contributed by atoms with van der Waals surface area (Å²) in [7, 11) is 0. The van der Waals surface area contributed by atoms with E-state index in [1.54, 1.807) is 6.92 Å². The van der Waals surface area contributed by atoms with Crippen molar-refractivity contribution in [3.05, 3.63) is 58.3 Å². The zero-order valence-corrected chi connectivity index (χ0v) is 14.2. The van der Waals surface area contributed by atoms with Crippen molar-refractivity contribution in [2.45, 2.75) is 26.0 Å². The third-order valence-electron chi connectivity index (χ3n) is 3.58.